The van der Waals surface area contributed by atoms with Crippen LogP contribution in [0.5, 0.6) is 0 Å². The maximum atomic E-state index is 11.1. The summed E-state index contributed by atoms with van der Waals surface area (Å²) in [6.45, 7) is 1.69. The van der Waals surface area contributed by atoms with Gasteiger partial charge < -0.3 is 5.11 Å². The van der Waals surface area contributed by atoms with Crippen LogP contribution in [-0.2, 0) is 4.79 Å². The summed E-state index contributed by atoms with van der Waals surface area (Å²) in [4.78, 5) is 11.1. The lowest BCUT2D eigenvalue weighted by atomic mass is 9.92. The Labute approximate surface area is 168 Å². The van der Waals surface area contributed by atoms with Crippen LogP contribution in [0.1, 0.15) is 29.5 Å². The van der Waals surface area contributed by atoms with Crippen molar-refractivity contribution in [2.45, 2.75) is 12.8 Å². The fourth-order valence-corrected chi connectivity index (χ4v) is 3.98. The molecule has 0 spiro atoms. The van der Waals surface area contributed by atoms with Crippen molar-refractivity contribution in [3.05, 3.63) is 95.6 Å². The molecule has 2 nitrogen and oxygen atoms in total. The van der Waals surface area contributed by atoms with Crippen molar-refractivity contribution in [3.63, 3.8) is 0 Å². The predicted molar refractivity (Wildman–Crippen MR) is 119 cm³/mol. The molecule has 5 rings (SSSR count). The van der Waals surface area contributed by atoms with Gasteiger partial charge in [0, 0.05) is 11.1 Å². The first-order valence-corrected chi connectivity index (χ1v) is 9.63. The number of hydrogen-bond acceptors (Lipinski definition) is 1. The maximum absolute atomic E-state index is 11.1. The van der Waals surface area contributed by atoms with E-state index in [1.54, 1.807) is 6.92 Å². The lowest BCUT2D eigenvalue weighted by molar-refractivity contribution is -0.138. The highest BCUT2D eigenvalue weighted by molar-refractivity contribution is 6.23. The van der Waals surface area contributed by atoms with Crippen LogP contribution in [0.25, 0.3) is 32.3 Å². The molecular weight excluding hydrogens is 356 g/mol. The normalized spacial score (nSPS) is 12.2. The van der Waals surface area contributed by atoms with Gasteiger partial charge in [0.2, 0.25) is 0 Å². The highest BCUT2D eigenvalue weighted by Gasteiger charge is 2.13. The fraction of sp³-hybridized carbons (Fsp3) is 0.0741. The molecule has 0 fully saturated rings. The highest BCUT2D eigenvalue weighted by atomic mass is 16.4. The molecular formula is C27H18O2. The summed E-state index contributed by atoms with van der Waals surface area (Å²) in [7, 11) is 0. The van der Waals surface area contributed by atoms with Crippen molar-refractivity contribution >= 4 is 38.3 Å². The molecule has 5 aromatic rings. The van der Waals surface area contributed by atoms with E-state index in [0.717, 1.165) is 22.1 Å². The molecule has 0 aliphatic rings. The van der Waals surface area contributed by atoms with E-state index in [4.69, 9.17) is 5.11 Å². The van der Waals surface area contributed by atoms with Gasteiger partial charge in [0.1, 0.15) is 0 Å². The van der Waals surface area contributed by atoms with Gasteiger partial charge in [0.15, 0.2) is 0 Å². The lowest BCUT2D eigenvalue weighted by Gasteiger charge is -2.11. The molecule has 0 saturated heterocycles. The average molecular weight is 374 g/mol. The molecule has 0 radical (unpaired) electrons. The van der Waals surface area contributed by atoms with Gasteiger partial charge in [-0.05, 0) is 63.0 Å². The first kappa shape index (κ1) is 17.3. The Morgan fingerprint density at radius 1 is 0.759 bits per heavy atom. The Bertz CT molecular complexity index is 1420. The summed E-state index contributed by atoms with van der Waals surface area (Å²) < 4.78 is 0. The minimum Gasteiger partial charge on any atom is -0.481 e. The van der Waals surface area contributed by atoms with Gasteiger partial charge in [-0.3, -0.25) is 4.79 Å². The topological polar surface area (TPSA) is 37.3 Å². The smallest absolute Gasteiger partial charge is 0.310 e. The van der Waals surface area contributed by atoms with Crippen LogP contribution in [-0.4, -0.2) is 11.1 Å². The minimum atomic E-state index is -0.822. The number of benzene rings is 5. The van der Waals surface area contributed by atoms with Crippen LogP contribution in [0.2, 0.25) is 0 Å². The Hall–Kier alpha value is -3.83. The van der Waals surface area contributed by atoms with Crippen LogP contribution < -0.4 is 0 Å². The molecule has 1 atom stereocenters. The number of carboxylic acid groups (broad SMARTS) is 1. The van der Waals surface area contributed by atoms with Crippen LogP contribution in [0.3, 0.4) is 0 Å². The van der Waals surface area contributed by atoms with Crippen molar-refractivity contribution in [2.24, 2.45) is 0 Å². The van der Waals surface area contributed by atoms with Crippen LogP contribution in [0.4, 0.5) is 0 Å². The first-order valence-electron chi connectivity index (χ1n) is 9.63. The predicted octanol–water partition coefficient (Wildman–Crippen LogP) is 6.17. The van der Waals surface area contributed by atoms with E-state index in [1.165, 1.54) is 26.9 Å². The van der Waals surface area contributed by atoms with Crippen LogP contribution >= 0.6 is 0 Å². The van der Waals surface area contributed by atoms with E-state index < -0.39 is 11.9 Å². The Morgan fingerprint density at radius 2 is 1.38 bits per heavy atom. The summed E-state index contributed by atoms with van der Waals surface area (Å²) in [5, 5.41) is 16.6. The van der Waals surface area contributed by atoms with Gasteiger partial charge in [0.05, 0.1) is 5.92 Å². The second-order valence-corrected chi connectivity index (χ2v) is 7.40. The van der Waals surface area contributed by atoms with Crippen molar-refractivity contribution in [1.29, 1.82) is 0 Å². The average Bonchev–Trinajstić information content (AvgIpc) is 2.76. The molecule has 0 amide bonds. The van der Waals surface area contributed by atoms with Gasteiger partial charge in [-0.2, -0.15) is 0 Å². The highest BCUT2D eigenvalue weighted by Crippen LogP contribution is 2.35. The van der Waals surface area contributed by atoms with Gasteiger partial charge >= 0.3 is 5.97 Å². The van der Waals surface area contributed by atoms with E-state index in [-0.39, 0.29) is 0 Å². The second-order valence-electron chi connectivity index (χ2n) is 7.40. The Morgan fingerprint density at radius 3 is 2.07 bits per heavy atom. The summed E-state index contributed by atoms with van der Waals surface area (Å²) in [6.07, 6.45) is 0. The molecule has 0 aromatic heterocycles. The van der Waals surface area contributed by atoms with Gasteiger partial charge in [-0.15, -0.1) is 0 Å². The van der Waals surface area contributed by atoms with Crippen molar-refractivity contribution in [3.8, 4) is 11.8 Å². The molecule has 0 aliphatic heterocycles. The first-order chi connectivity index (χ1) is 14.1. The lowest BCUT2D eigenvalue weighted by Crippen LogP contribution is -2.06. The minimum absolute atomic E-state index is 0.519. The molecule has 1 N–H and O–H groups in total. The zero-order valence-electron chi connectivity index (χ0n) is 15.9. The van der Waals surface area contributed by atoms with Crippen molar-refractivity contribution < 1.29 is 9.90 Å². The van der Waals surface area contributed by atoms with Crippen molar-refractivity contribution in [1.82, 2.24) is 0 Å². The molecule has 0 bridgehead atoms. The molecule has 0 aliphatic carbocycles. The molecule has 0 heterocycles. The van der Waals surface area contributed by atoms with E-state index in [0.29, 0.717) is 0 Å². The molecule has 1 unspecified atom stereocenters. The number of carboxylic acids is 1. The maximum Gasteiger partial charge on any atom is 0.310 e. The van der Waals surface area contributed by atoms with E-state index >= 15 is 0 Å². The standard InChI is InChI=1S/C27H18O2/c1-17(27(28)29)19-8-5-18(6-9-19)7-10-20-11-12-23-14-13-21-3-2-4-22-15-16-24(20)26(23)25(21)22/h2-6,8-9,11-17H,1H3,(H,28,29). The molecule has 29 heavy (non-hydrogen) atoms. The Kier molecular flexibility index (Phi) is 3.96. The van der Waals surface area contributed by atoms with Gasteiger partial charge in [-0.25, -0.2) is 0 Å². The molecule has 138 valence electrons. The monoisotopic (exact) mass is 374 g/mol. The molecule has 5 aromatic carbocycles. The quantitative estimate of drug-likeness (QED) is 0.296. The summed E-state index contributed by atoms with van der Waals surface area (Å²) in [5.74, 6) is 5.21. The van der Waals surface area contributed by atoms with Crippen LogP contribution in [0, 0.1) is 11.8 Å². The van der Waals surface area contributed by atoms with Gasteiger partial charge in [-0.1, -0.05) is 72.5 Å². The SMILES string of the molecule is CC(C(=O)O)c1ccc(C#Cc2ccc3ccc4cccc5ccc2c3c45)cc1. The number of hydrogen-bond donors (Lipinski definition) is 1. The van der Waals surface area contributed by atoms with Crippen LogP contribution in [0.15, 0.2) is 78.9 Å². The largest absolute Gasteiger partial charge is 0.481 e. The third-order valence-corrected chi connectivity index (χ3v) is 5.65. The van der Waals surface area contributed by atoms with Gasteiger partial charge in [0.25, 0.3) is 0 Å². The third kappa shape index (κ3) is 2.88. The number of carbonyl (C=O) groups is 1. The van der Waals surface area contributed by atoms with E-state index in [9.17, 15) is 4.79 Å². The number of rotatable bonds is 2. The second kappa shape index (κ2) is 6.65. The van der Waals surface area contributed by atoms with Crippen molar-refractivity contribution in [2.75, 3.05) is 0 Å². The summed E-state index contributed by atoms with van der Waals surface area (Å²) >= 11 is 0. The fourth-order valence-electron chi connectivity index (χ4n) is 3.98. The third-order valence-electron chi connectivity index (χ3n) is 5.65. The zero-order valence-corrected chi connectivity index (χ0v) is 15.9. The molecule has 2 heteroatoms. The molecule has 0 saturated carbocycles. The van der Waals surface area contributed by atoms with E-state index in [1.807, 2.05) is 24.3 Å². The summed E-state index contributed by atoms with van der Waals surface area (Å²) in [6, 6.07) is 26.7. The Balaban J connectivity index is 1.61. The summed E-state index contributed by atoms with van der Waals surface area (Å²) in [5.41, 5.74) is 2.65. The number of aliphatic carboxylic acids is 1. The zero-order chi connectivity index (χ0) is 20.0. The van der Waals surface area contributed by atoms with E-state index in [2.05, 4.69) is 66.4 Å².